The molecule has 14 heavy (non-hydrogen) atoms. The van der Waals surface area contributed by atoms with Gasteiger partial charge >= 0.3 is 0 Å². The lowest BCUT2D eigenvalue weighted by atomic mass is 10.2. The molecule has 0 heterocycles. The average molecular weight is 213 g/mol. The molecule has 0 aromatic rings. The van der Waals surface area contributed by atoms with E-state index in [-0.39, 0.29) is 0 Å². The summed E-state index contributed by atoms with van der Waals surface area (Å²) in [4.78, 5) is 0. The third kappa shape index (κ3) is 4.52. The summed E-state index contributed by atoms with van der Waals surface area (Å²) in [7, 11) is 0. The van der Waals surface area contributed by atoms with Crippen molar-refractivity contribution < 1.29 is 0 Å². The molecule has 1 fully saturated rings. The van der Waals surface area contributed by atoms with Crippen LogP contribution in [0.4, 0.5) is 0 Å². The van der Waals surface area contributed by atoms with Crippen LogP contribution >= 0.6 is 11.8 Å². The Bertz CT molecular complexity index is 164. The third-order valence-electron chi connectivity index (χ3n) is 2.95. The maximum Gasteiger partial charge on any atom is 0.0282 e. The van der Waals surface area contributed by atoms with Crippen LogP contribution in [-0.2, 0) is 0 Å². The van der Waals surface area contributed by atoms with Crippen molar-refractivity contribution in [1.82, 2.24) is 5.32 Å². The lowest BCUT2D eigenvalue weighted by molar-refractivity contribution is 0.596. The van der Waals surface area contributed by atoms with E-state index in [4.69, 9.17) is 0 Å². The minimum atomic E-state index is 0.626. The van der Waals surface area contributed by atoms with Crippen LogP contribution < -0.4 is 5.32 Å². The molecule has 0 saturated heterocycles. The highest BCUT2D eigenvalue weighted by atomic mass is 32.2. The average Bonchev–Trinajstić information content (AvgIpc) is 2.98. The highest BCUT2D eigenvalue weighted by molar-refractivity contribution is 8.00. The van der Waals surface area contributed by atoms with Crippen molar-refractivity contribution in [1.29, 1.82) is 0 Å². The van der Waals surface area contributed by atoms with Gasteiger partial charge in [0.2, 0.25) is 0 Å². The van der Waals surface area contributed by atoms with Gasteiger partial charge in [0, 0.05) is 11.3 Å². The lowest BCUT2D eigenvalue weighted by Gasteiger charge is -2.12. The molecule has 0 bridgehead atoms. The molecule has 1 aliphatic rings. The summed E-state index contributed by atoms with van der Waals surface area (Å²) in [5.74, 6) is 0. The van der Waals surface area contributed by atoms with E-state index in [0.717, 1.165) is 0 Å². The van der Waals surface area contributed by atoms with E-state index >= 15 is 0 Å². The fourth-order valence-corrected chi connectivity index (χ4v) is 2.38. The molecular weight excluding hydrogens is 190 g/mol. The highest BCUT2D eigenvalue weighted by Crippen LogP contribution is 2.46. The summed E-state index contributed by atoms with van der Waals surface area (Å²) in [5.41, 5.74) is 0. The predicted molar refractivity (Wildman–Crippen MR) is 67.0 cm³/mol. The van der Waals surface area contributed by atoms with Crippen LogP contribution in [0.25, 0.3) is 0 Å². The maximum absolute atomic E-state index is 3.73. The van der Waals surface area contributed by atoms with Gasteiger partial charge < -0.3 is 5.32 Å². The number of nitrogens with one attached hydrogen (secondary N) is 1. The first kappa shape index (κ1) is 12.1. The van der Waals surface area contributed by atoms with E-state index in [2.05, 4.69) is 18.2 Å². The molecule has 1 nitrogen and oxygen atoms in total. The summed E-state index contributed by atoms with van der Waals surface area (Å²) in [6.07, 6.45) is 12.2. The second-order valence-corrected chi connectivity index (χ2v) is 5.48. The number of allylic oxidation sites excluding steroid dienone is 1. The number of unbranched alkanes of at least 4 members (excludes halogenated alkanes) is 3. The van der Waals surface area contributed by atoms with Gasteiger partial charge in [-0.1, -0.05) is 12.5 Å². The zero-order valence-electron chi connectivity index (χ0n) is 9.35. The Labute approximate surface area is 92.7 Å². The quantitative estimate of drug-likeness (QED) is 0.466. The van der Waals surface area contributed by atoms with Crippen LogP contribution in [-0.4, -0.2) is 24.1 Å². The van der Waals surface area contributed by atoms with Gasteiger partial charge in [0.25, 0.3) is 0 Å². The molecule has 0 atom stereocenters. The largest absolute Gasteiger partial charge is 0.315 e. The first-order valence-corrected chi connectivity index (χ1v) is 6.92. The Morgan fingerprint density at radius 1 is 1.36 bits per heavy atom. The zero-order valence-corrected chi connectivity index (χ0v) is 10.2. The maximum atomic E-state index is 3.73. The summed E-state index contributed by atoms with van der Waals surface area (Å²) >= 11 is 2.03. The van der Waals surface area contributed by atoms with E-state index in [0.29, 0.717) is 4.75 Å². The van der Waals surface area contributed by atoms with Gasteiger partial charge in [-0.25, -0.2) is 0 Å². The van der Waals surface area contributed by atoms with E-state index < -0.39 is 0 Å². The Hall–Kier alpha value is 0.0500. The number of thioether (sulfide) groups is 1. The highest BCUT2D eigenvalue weighted by Gasteiger charge is 2.41. The van der Waals surface area contributed by atoms with E-state index in [1.807, 2.05) is 17.8 Å². The normalized spacial score (nSPS) is 18.1. The second-order valence-electron chi connectivity index (χ2n) is 4.20. The SMILES string of the molecule is C=CCCCCCNCC1(SC)CC1. The molecule has 0 aromatic carbocycles. The predicted octanol–water partition coefficient (Wildman–Crippen LogP) is 3.22. The van der Waals surface area contributed by atoms with Crippen LogP contribution in [0.1, 0.15) is 38.5 Å². The van der Waals surface area contributed by atoms with E-state index in [1.165, 1.54) is 51.6 Å². The van der Waals surface area contributed by atoms with Crippen molar-refractivity contribution >= 4 is 11.8 Å². The molecule has 1 N–H and O–H groups in total. The number of hydrogen-bond donors (Lipinski definition) is 1. The van der Waals surface area contributed by atoms with Gasteiger partial charge in [-0.15, -0.1) is 6.58 Å². The summed E-state index contributed by atoms with van der Waals surface area (Å²) in [6.45, 7) is 6.14. The van der Waals surface area contributed by atoms with Crippen LogP contribution in [0, 0.1) is 0 Å². The fourth-order valence-electron chi connectivity index (χ4n) is 1.62. The molecular formula is C12H23NS. The Kier molecular flexibility index (Phi) is 5.64. The summed E-state index contributed by atoms with van der Waals surface area (Å²) in [6, 6.07) is 0. The molecule has 0 aliphatic heterocycles. The molecule has 1 rings (SSSR count). The third-order valence-corrected chi connectivity index (χ3v) is 4.37. The topological polar surface area (TPSA) is 12.0 Å². The molecule has 0 spiro atoms. The first-order chi connectivity index (χ1) is 6.83. The Balaban J connectivity index is 1.82. The van der Waals surface area contributed by atoms with Crippen LogP contribution in [0.2, 0.25) is 0 Å². The number of rotatable bonds is 9. The Morgan fingerprint density at radius 2 is 2.14 bits per heavy atom. The minimum absolute atomic E-state index is 0.626. The standard InChI is InChI=1S/C12H23NS/c1-3-4-5-6-7-10-13-11-12(14-2)8-9-12/h3,13H,1,4-11H2,2H3. The fraction of sp³-hybridized carbons (Fsp3) is 0.833. The van der Waals surface area contributed by atoms with Gasteiger partial charge in [0.15, 0.2) is 0 Å². The molecule has 2 heteroatoms. The van der Waals surface area contributed by atoms with Crippen molar-refractivity contribution in [3.8, 4) is 0 Å². The minimum Gasteiger partial charge on any atom is -0.315 e. The zero-order chi connectivity index (χ0) is 10.3. The molecule has 0 aromatic heterocycles. The smallest absolute Gasteiger partial charge is 0.0282 e. The van der Waals surface area contributed by atoms with Crippen molar-refractivity contribution in [2.24, 2.45) is 0 Å². The van der Waals surface area contributed by atoms with Gasteiger partial charge in [-0.05, 0) is 44.9 Å². The monoisotopic (exact) mass is 213 g/mol. The van der Waals surface area contributed by atoms with Crippen molar-refractivity contribution in [3.05, 3.63) is 12.7 Å². The number of hydrogen-bond acceptors (Lipinski definition) is 2. The summed E-state index contributed by atoms with van der Waals surface area (Å²) in [5, 5.41) is 3.57. The van der Waals surface area contributed by atoms with Gasteiger partial charge in [0.1, 0.15) is 0 Å². The molecule has 0 radical (unpaired) electrons. The van der Waals surface area contributed by atoms with Gasteiger partial charge in [-0.2, -0.15) is 11.8 Å². The molecule has 82 valence electrons. The van der Waals surface area contributed by atoms with Crippen LogP contribution in [0.15, 0.2) is 12.7 Å². The van der Waals surface area contributed by atoms with Crippen molar-refractivity contribution in [2.45, 2.75) is 43.3 Å². The lowest BCUT2D eigenvalue weighted by Crippen LogP contribution is -2.26. The van der Waals surface area contributed by atoms with E-state index in [9.17, 15) is 0 Å². The van der Waals surface area contributed by atoms with E-state index in [1.54, 1.807) is 0 Å². The van der Waals surface area contributed by atoms with Gasteiger partial charge in [0.05, 0.1) is 0 Å². The van der Waals surface area contributed by atoms with Crippen LogP contribution in [0.3, 0.4) is 0 Å². The van der Waals surface area contributed by atoms with Crippen LogP contribution in [0.5, 0.6) is 0 Å². The second kappa shape index (κ2) is 6.52. The van der Waals surface area contributed by atoms with Crippen molar-refractivity contribution in [2.75, 3.05) is 19.3 Å². The summed E-state index contributed by atoms with van der Waals surface area (Å²) < 4.78 is 0.626. The van der Waals surface area contributed by atoms with Crippen molar-refractivity contribution in [3.63, 3.8) is 0 Å². The molecule has 0 amide bonds. The molecule has 1 aliphatic carbocycles. The molecule has 0 unspecified atom stereocenters. The van der Waals surface area contributed by atoms with Gasteiger partial charge in [-0.3, -0.25) is 0 Å². The Morgan fingerprint density at radius 3 is 2.71 bits per heavy atom. The molecule has 1 saturated carbocycles. The first-order valence-electron chi connectivity index (χ1n) is 5.70.